The van der Waals surface area contributed by atoms with Crippen molar-refractivity contribution in [3.8, 4) is 0 Å². The van der Waals surface area contributed by atoms with Gasteiger partial charge in [-0.05, 0) is 32.0 Å². The molecule has 0 spiro atoms. The van der Waals surface area contributed by atoms with E-state index in [9.17, 15) is 9.59 Å². The van der Waals surface area contributed by atoms with Crippen molar-refractivity contribution in [2.24, 2.45) is 0 Å². The molecule has 1 heterocycles. The highest BCUT2D eigenvalue weighted by Gasteiger charge is 2.18. The normalized spacial score (nSPS) is 12.1. The summed E-state index contributed by atoms with van der Waals surface area (Å²) < 4.78 is 0. The summed E-state index contributed by atoms with van der Waals surface area (Å²) >= 11 is 0. The predicted octanol–water partition coefficient (Wildman–Crippen LogP) is 1.00. The molecule has 0 radical (unpaired) electrons. The molecule has 2 rings (SSSR count). The highest BCUT2D eigenvalue weighted by Crippen LogP contribution is 2.20. The van der Waals surface area contributed by atoms with Crippen LogP contribution in [0, 0.1) is 0 Å². The van der Waals surface area contributed by atoms with Gasteiger partial charge in [-0.25, -0.2) is 0 Å². The minimum Gasteiger partial charge on any atom is -0.399 e. The van der Waals surface area contributed by atoms with Crippen molar-refractivity contribution in [2.75, 3.05) is 12.3 Å². The number of carbonyl (C=O) groups is 2. The topological polar surface area (TPSA) is 100 Å². The third kappa shape index (κ3) is 2.74. The van der Waals surface area contributed by atoms with Crippen molar-refractivity contribution >= 4 is 28.4 Å². The Labute approximate surface area is 116 Å². The fourth-order valence-electron chi connectivity index (χ4n) is 1.99. The lowest BCUT2D eigenvalue weighted by molar-refractivity contribution is -0.122. The standard InChI is InChI=1S/C14H18N4O2/c1-3-16-13(19)8(2)18-14(20)11-7-17-12-5-4-9(15)6-10(11)12/h4-8,17H,3,15H2,1-2H3,(H,16,19)(H,18,20). The van der Waals surface area contributed by atoms with Crippen molar-refractivity contribution in [1.82, 2.24) is 15.6 Å². The van der Waals surface area contributed by atoms with Crippen LogP contribution in [0.5, 0.6) is 0 Å². The van der Waals surface area contributed by atoms with E-state index in [2.05, 4.69) is 15.6 Å². The summed E-state index contributed by atoms with van der Waals surface area (Å²) in [5, 5.41) is 6.07. The summed E-state index contributed by atoms with van der Waals surface area (Å²) in [7, 11) is 0. The molecule has 1 atom stereocenters. The molecular formula is C14H18N4O2. The lowest BCUT2D eigenvalue weighted by Crippen LogP contribution is -2.44. The summed E-state index contributed by atoms with van der Waals surface area (Å²) in [4.78, 5) is 26.8. The minimum atomic E-state index is -0.589. The second-order valence-corrected chi connectivity index (χ2v) is 4.60. The Kier molecular flexibility index (Phi) is 3.93. The first-order valence-corrected chi connectivity index (χ1v) is 6.48. The van der Waals surface area contributed by atoms with Gasteiger partial charge in [-0.15, -0.1) is 0 Å². The maximum atomic E-state index is 12.2. The maximum Gasteiger partial charge on any atom is 0.254 e. The number of nitrogens with one attached hydrogen (secondary N) is 3. The Balaban J connectivity index is 2.19. The quantitative estimate of drug-likeness (QED) is 0.626. The monoisotopic (exact) mass is 274 g/mol. The number of rotatable bonds is 4. The van der Waals surface area contributed by atoms with Gasteiger partial charge in [-0.3, -0.25) is 9.59 Å². The van der Waals surface area contributed by atoms with Crippen LogP contribution in [0.2, 0.25) is 0 Å². The Hall–Kier alpha value is -2.50. The third-order valence-corrected chi connectivity index (χ3v) is 3.04. The number of fused-ring (bicyclic) bond motifs is 1. The molecule has 1 aromatic heterocycles. The molecule has 20 heavy (non-hydrogen) atoms. The molecule has 0 saturated heterocycles. The summed E-state index contributed by atoms with van der Waals surface area (Å²) in [6.45, 7) is 4.00. The average molecular weight is 274 g/mol. The number of amides is 2. The zero-order valence-corrected chi connectivity index (χ0v) is 11.5. The number of hydrogen-bond donors (Lipinski definition) is 4. The number of carbonyl (C=O) groups excluding carboxylic acids is 2. The Morgan fingerprint density at radius 3 is 2.85 bits per heavy atom. The van der Waals surface area contributed by atoms with Gasteiger partial charge in [0, 0.05) is 29.3 Å². The molecule has 0 aliphatic carbocycles. The molecule has 2 aromatic rings. The second kappa shape index (κ2) is 5.64. The number of aromatic amines is 1. The number of anilines is 1. The molecule has 0 fully saturated rings. The minimum absolute atomic E-state index is 0.208. The summed E-state index contributed by atoms with van der Waals surface area (Å²) in [5.74, 6) is -0.513. The zero-order chi connectivity index (χ0) is 14.7. The Morgan fingerprint density at radius 1 is 1.40 bits per heavy atom. The number of nitrogens with two attached hydrogens (primary N) is 1. The highest BCUT2D eigenvalue weighted by atomic mass is 16.2. The van der Waals surface area contributed by atoms with Crippen molar-refractivity contribution in [1.29, 1.82) is 0 Å². The second-order valence-electron chi connectivity index (χ2n) is 4.60. The molecule has 1 unspecified atom stereocenters. The van der Waals surface area contributed by atoms with Gasteiger partial charge in [0.2, 0.25) is 5.91 Å². The summed E-state index contributed by atoms with van der Waals surface area (Å²) in [6.07, 6.45) is 1.61. The number of benzene rings is 1. The van der Waals surface area contributed by atoms with Gasteiger partial charge in [-0.2, -0.15) is 0 Å². The Bertz CT molecular complexity index is 648. The average Bonchev–Trinajstić information content (AvgIpc) is 2.81. The third-order valence-electron chi connectivity index (χ3n) is 3.04. The van der Waals surface area contributed by atoms with Crippen molar-refractivity contribution < 1.29 is 9.59 Å². The number of likely N-dealkylation sites (N-methyl/N-ethyl adjacent to an activating group) is 1. The van der Waals surface area contributed by atoms with Crippen LogP contribution < -0.4 is 16.4 Å². The molecule has 0 bridgehead atoms. The van der Waals surface area contributed by atoms with E-state index < -0.39 is 6.04 Å². The summed E-state index contributed by atoms with van der Waals surface area (Å²) in [6, 6.07) is 4.72. The van der Waals surface area contributed by atoms with Gasteiger partial charge in [0.1, 0.15) is 6.04 Å². The van der Waals surface area contributed by atoms with Crippen molar-refractivity contribution in [3.63, 3.8) is 0 Å². The van der Waals surface area contributed by atoms with Crippen LogP contribution in [0.15, 0.2) is 24.4 Å². The van der Waals surface area contributed by atoms with E-state index in [-0.39, 0.29) is 11.8 Å². The first-order chi connectivity index (χ1) is 9.52. The van der Waals surface area contributed by atoms with Gasteiger partial charge < -0.3 is 21.4 Å². The number of aromatic nitrogens is 1. The molecule has 6 heteroatoms. The van der Waals surface area contributed by atoms with E-state index in [0.29, 0.717) is 17.8 Å². The highest BCUT2D eigenvalue weighted by molar-refractivity contribution is 6.08. The van der Waals surface area contributed by atoms with E-state index in [1.165, 1.54) is 0 Å². The molecule has 0 aliphatic rings. The Morgan fingerprint density at radius 2 is 2.15 bits per heavy atom. The van der Waals surface area contributed by atoms with E-state index >= 15 is 0 Å². The number of H-pyrrole nitrogens is 1. The summed E-state index contributed by atoms with van der Waals surface area (Å²) in [5.41, 5.74) is 7.62. The van der Waals surface area contributed by atoms with E-state index in [0.717, 1.165) is 10.9 Å². The van der Waals surface area contributed by atoms with Crippen LogP contribution in [0.3, 0.4) is 0 Å². The first kappa shape index (κ1) is 13.9. The van der Waals surface area contributed by atoms with E-state index in [1.54, 1.807) is 25.3 Å². The van der Waals surface area contributed by atoms with Gasteiger partial charge in [0.15, 0.2) is 0 Å². The van der Waals surface area contributed by atoms with Crippen molar-refractivity contribution in [3.05, 3.63) is 30.0 Å². The van der Waals surface area contributed by atoms with Crippen LogP contribution in [0.25, 0.3) is 10.9 Å². The molecule has 5 N–H and O–H groups in total. The van der Waals surface area contributed by atoms with Crippen LogP contribution in [0.4, 0.5) is 5.69 Å². The molecule has 0 aliphatic heterocycles. The van der Waals surface area contributed by atoms with Crippen LogP contribution >= 0.6 is 0 Å². The molecule has 106 valence electrons. The fraction of sp³-hybridized carbons (Fsp3) is 0.286. The van der Waals surface area contributed by atoms with E-state index in [4.69, 9.17) is 5.73 Å². The SMILES string of the molecule is CCNC(=O)C(C)NC(=O)c1c[nH]c2ccc(N)cc12. The van der Waals surface area contributed by atoms with Gasteiger partial charge in [0.25, 0.3) is 5.91 Å². The molecule has 6 nitrogen and oxygen atoms in total. The van der Waals surface area contributed by atoms with Crippen LogP contribution in [0.1, 0.15) is 24.2 Å². The lowest BCUT2D eigenvalue weighted by atomic mass is 10.1. The first-order valence-electron chi connectivity index (χ1n) is 6.48. The van der Waals surface area contributed by atoms with E-state index in [1.807, 2.05) is 13.0 Å². The lowest BCUT2D eigenvalue weighted by Gasteiger charge is -2.12. The zero-order valence-electron chi connectivity index (χ0n) is 11.5. The molecule has 2 amide bonds. The van der Waals surface area contributed by atoms with Gasteiger partial charge in [-0.1, -0.05) is 0 Å². The smallest absolute Gasteiger partial charge is 0.254 e. The van der Waals surface area contributed by atoms with Crippen molar-refractivity contribution in [2.45, 2.75) is 19.9 Å². The van der Waals surface area contributed by atoms with Crippen LogP contribution in [-0.2, 0) is 4.79 Å². The van der Waals surface area contributed by atoms with Gasteiger partial charge in [0.05, 0.1) is 5.56 Å². The molecular weight excluding hydrogens is 256 g/mol. The van der Waals surface area contributed by atoms with Crippen LogP contribution in [-0.4, -0.2) is 29.4 Å². The number of nitrogen functional groups attached to an aromatic ring is 1. The predicted molar refractivity (Wildman–Crippen MR) is 78.3 cm³/mol. The largest absolute Gasteiger partial charge is 0.399 e. The molecule has 0 saturated carbocycles. The number of hydrogen-bond acceptors (Lipinski definition) is 3. The molecule has 1 aromatic carbocycles. The maximum absolute atomic E-state index is 12.2. The van der Waals surface area contributed by atoms with Gasteiger partial charge >= 0.3 is 0 Å². The fourth-order valence-corrected chi connectivity index (χ4v) is 1.99.